The molecule has 0 spiro atoms. The smallest absolute Gasteiger partial charge is 0.283 e. The number of carbonyl (C=O) groups excluding carboxylic acids is 1. The van der Waals surface area contributed by atoms with Crippen molar-refractivity contribution in [3.8, 4) is 11.3 Å². The van der Waals surface area contributed by atoms with E-state index in [1.165, 1.54) is 22.8 Å². The number of halogens is 2. The van der Waals surface area contributed by atoms with Crippen molar-refractivity contribution in [1.82, 2.24) is 5.01 Å². The fourth-order valence-electron chi connectivity index (χ4n) is 2.58. The molecule has 0 aliphatic carbocycles. The van der Waals surface area contributed by atoms with Gasteiger partial charge in [0, 0.05) is 10.6 Å². The third-order valence-electron chi connectivity index (χ3n) is 3.91. The second kappa shape index (κ2) is 6.99. The first-order valence-corrected chi connectivity index (χ1v) is 9.58. The third-order valence-corrected chi connectivity index (χ3v) is 5.51. The number of hydrogen-bond donors (Lipinski definition) is 1. The Bertz CT molecular complexity index is 1070. The maximum atomic E-state index is 12.4. The quantitative estimate of drug-likeness (QED) is 0.686. The van der Waals surface area contributed by atoms with Gasteiger partial charge in [-0.15, -0.1) is 0 Å². The SMILES string of the molecule is CCC1=NN2C(=N)/C(=C/c3ccc(-c4ccc(Cl)cc4Cl)o3)C(=O)N=C2S1. The van der Waals surface area contributed by atoms with Gasteiger partial charge in [-0.25, -0.2) is 0 Å². The van der Waals surface area contributed by atoms with Gasteiger partial charge in [0.25, 0.3) is 5.91 Å². The summed E-state index contributed by atoms with van der Waals surface area (Å²) in [5.41, 5.74) is 0.799. The van der Waals surface area contributed by atoms with Crippen LogP contribution in [0.15, 0.2) is 50.4 Å². The highest BCUT2D eigenvalue weighted by Gasteiger charge is 2.35. The highest BCUT2D eigenvalue weighted by molar-refractivity contribution is 8.26. The average molecular weight is 419 g/mol. The number of hydrazone groups is 1. The van der Waals surface area contributed by atoms with Crippen LogP contribution in [-0.2, 0) is 4.79 Å². The molecule has 0 radical (unpaired) electrons. The van der Waals surface area contributed by atoms with E-state index in [1.54, 1.807) is 30.3 Å². The summed E-state index contributed by atoms with van der Waals surface area (Å²) in [6, 6.07) is 8.55. The van der Waals surface area contributed by atoms with E-state index >= 15 is 0 Å². The minimum Gasteiger partial charge on any atom is -0.457 e. The summed E-state index contributed by atoms with van der Waals surface area (Å²) in [4.78, 5) is 16.4. The van der Waals surface area contributed by atoms with Gasteiger partial charge in [0.15, 0.2) is 5.84 Å². The lowest BCUT2D eigenvalue weighted by molar-refractivity contribution is -0.114. The number of carbonyl (C=O) groups is 1. The molecule has 0 saturated heterocycles. The first kappa shape index (κ1) is 18.0. The number of aliphatic imine (C=N–C) groups is 1. The Kier molecular flexibility index (Phi) is 4.67. The molecule has 2 aliphatic rings. The van der Waals surface area contributed by atoms with Crippen LogP contribution in [0.4, 0.5) is 0 Å². The summed E-state index contributed by atoms with van der Waals surface area (Å²) in [6.45, 7) is 1.96. The first-order valence-electron chi connectivity index (χ1n) is 8.00. The number of amidine groups is 2. The second-order valence-corrected chi connectivity index (χ2v) is 7.58. The summed E-state index contributed by atoms with van der Waals surface area (Å²) in [5.74, 6) is 0.428. The van der Waals surface area contributed by atoms with Gasteiger partial charge in [0.05, 0.1) is 10.6 Å². The Morgan fingerprint density at radius 1 is 1.30 bits per heavy atom. The molecule has 1 N–H and O–H groups in total. The number of furan rings is 1. The molecule has 3 heterocycles. The van der Waals surface area contributed by atoms with E-state index in [0.29, 0.717) is 38.7 Å². The van der Waals surface area contributed by atoms with Crippen molar-refractivity contribution in [2.24, 2.45) is 10.1 Å². The topological polar surface area (TPSA) is 82.0 Å². The maximum absolute atomic E-state index is 12.4. The molecular weight excluding hydrogens is 407 g/mol. The highest BCUT2D eigenvalue weighted by atomic mass is 35.5. The number of benzene rings is 1. The first-order chi connectivity index (χ1) is 13.0. The van der Waals surface area contributed by atoms with Gasteiger partial charge < -0.3 is 4.42 Å². The lowest BCUT2D eigenvalue weighted by Gasteiger charge is -2.19. The molecule has 2 aromatic rings. The predicted octanol–water partition coefficient (Wildman–Crippen LogP) is 5.28. The van der Waals surface area contributed by atoms with Crippen molar-refractivity contribution >= 4 is 63.0 Å². The summed E-state index contributed by atoms with van der Waals surface area (Å²) < 4.78 is 5.78. The Hall–Kier alpha value is -2.35. The van der Waals surface area contributed by atoms with Crippen LogP contribution in [0, 0.1) is 5.41 Å². The van der Waals surface area contributed by atoms with E-state index in [1.807, 2.05) is 6.92 Å². The zero-order valence-electron chi connectivity index (χ0n) is 14.0. The molecule has 1 aromatic heterocycles. The molecular formula is C18H12Cl2N4O2S. The second-order valence-electron chi connectivity index (χ2n) is 5.69. The minimum atomic E-state index is -0.492. The van der Waals surface area contributed by atoms with Gasteiger partial charge in [0.2, 0.25) is 5.17 Å². The van der Waals surface area contributed by atoms with Crippen LogP contribution in [-0.4, -0.2) is 27.0 Å². The van der Waals surface area contributed by atoms with E-state index in [2.05, 4.69) is 10.1 Å². The molecule has 2 aliphatic heterocycles. The fourth-order valence-corrected chi connectivity index (χ4v) is 3.91. The van der Waals surface area contributed by atoms with Crippen molar-refractivity contribution in [1.29, 1.82) is 5.41 Å². The van der Waals surface area contributed by atoms with Crippen LogP contribution in [0.25, 0.3) is 17.4 Å². The summed E-state index contributed by atoms with van der Waals surface area (Å²) in [6.07, 6.45) is 2.20. The van der Waals surface area contributed by atoms with Crippen molar-refractivity contribution in [2.45, 2.75) is 13.3 Å². The normalized spacial score (nSPS) is 18.0. The molecule has 0 unspecified atom stereocenters. The zero-order chi connectivity index (χ0) is 19.1. The fraction of sp³-hybridized carbons (Fsp3) is 0.111. The molecule has 0 bridgehead atoms. The van der Waals surface area contributed by atoms with Gasteiger partial charge in [-0.3, -0.25) is 10.2 Å². The van der Waals surface area contributed by atoms with Gasteiger partial charge >= 0.3 is 0 Å². The van der Waals surface area contributed by atoms with E-state index < -0.39 is 5.91 Å². The van der Waals surface area contributed by atoms with E-state index in [9.17, 15) is 4.79 Å². The van der Waals surface area contributed by atoms with Gasteiger partial charge in [0.1, 0.15) is 16.6 Å². The van der Waals surface area contributed by atoms with E-state index in [4.69, 9.17) is 33.0 Å². The van der Waals surface area contributed by atoms with Crippen LogP contribution in [0.5, 0.6) is 0 Å². The number of hydrogen-bond acceptors (Lipinski definition) is 5. The van der Waals surface area contributed by atoms with Gasteiger partial charge in [-0.1, -0.05) is 30.1 Å². The van der Waals surface area contributed by atoms with Gasteiger partial charge in [-0.05, 0) is 54.6 Å². The van der Waals surface area contributed by atoms with E-state index in [-0.39, 0.29) is 11.4 Å². The molecule has 136 valence electrons. The third kappa shape index (κ3) is 3.34. The summed E-state index contributed by atoms with van der Waals surface area (Å²) in [5, 5.41) is 16.2. The minimum absolute atomic E-state index is 0.0246. The van der Waals surface area contributed by atoms with Gasteiger partial charge in [-0.2, -0.15) is 15.1 Å². The molecule has 9 heteroatoms. The number of fused-ring (bicyclic) bond motifs is 1. The Morgan fingerprint density at radius 2 is 2.11 bits per heavy atom. The van der Waals surface area contributed by atoms with Crippen LogP contribution >= 0.6 is 35.0 Å². The summed E-state index contributed by atoms with van der Waals surface area (Å²) >= 11 is 13.4. The standard InChI is InChI=1S/C18H12Cl2N4O2S/c1-2-15-23-24-16(21)12(17(25)22-18(24)27-15)8-10-4-6-14(26-10)11-5-3-9(19)7-13(11)20/h3-8,21H,2H2,1H3/b12-8-,21-16?. The monoisotopic (exact) mass is 418 g/mol. The van der Waals surface area contributed by atoms with Crippen molar-refractivity contribution in [3.63, 3.8) is 0 Å². The molecule has 1 amide bonds. The zero-order valence-corrected chi connectivity index (χ0v) is 16.3. The summed E-state index contributed by atoms with van der Waals surface area (Å²) in [7, 11) is 0. The highest BCUT2D eigenvalue weighted by Crippen LogP contribution is 2.33. The largest absolute Gasteiger partial charge is 0.457 e. The lowest BCUT2D eigenvalue weighted by Crippen LogP contribution is -2.35. The molecule has 0 fully saturated rings. The molecule has 27 heavy (non-hydrogen) atoms. The molecule has 4 rings (SSSR count). The number of nitrogens with zero attached hydrogens (tertiary/aromatic N) is 3. The average Bonchev–Trinajstić information content (AvgIpc) is 3.25. The maximum Gasteiger partial charge on any atom is 0.283 e. The predicted molar refractivity (Wildman–Crippen MR) is 109 cm³/mol. The van der Waals surface area contributed by atoms with Crippen LogP contribution in [0.1, 0.15) is 19.1 Å². The number of nitrogens with one attached hydrogen (secondary N) is 1. The van der Waals surface area contributed by atoms with Crippen LogP contribution in [0.2, 0.25) is 10.0 Å². The molecule has 0 saturated carbocycles. The number of thioether (sulfide) groups is 1. The lowest BCUT2D eigenvalue weighted by atomic mass is 10.1. The molecule has 6 nitrogen and oxygen atoms in total. The van der Waals surface area contributed by atoms with Crippen LogP contribution < -0.4 is 0 Å². The Balaban J connectivity index is 1.67. The number of amides is 1. The Morgan fingerprint density at radius 3 is 2.85 bits per heavy atom. The van der Waals surface area contributed by atoms with E-state index in [0.717, 1.165) is 5.04 Å². The molecule has 1 aromatic carbocycles. The van der Waals surface area contributed by atoms with Crippen molar-refractivity contribution in [2.75, 3.05) is 0 Å². The van der Waals surface area contributed by atoms with Crippen molar-refractivity contribution in [3.05, 3.63) is 51.7 Å². The molecule has 0 atom stereocenters. The Labute approximate surface area is 169 Å². The van der Waals surface area contributed by atoms with Crippen LogP contribution in [0.3, 0.4) is 0 Å². The number of rotatable bonds is 3. The van der Waals surface area contributed by atoms with Crippen molar-refractivity contribution < 1.29 is 9.21 Å².